The van der Waals surface area contributed by atoms with Gasteiger partial charge in [0.25, 0.3) is 5.91 Å². The van der Waals surface area contributed by atoms with Crippen molar-refractivity contribution in [3.8, 4) is 5.75 Å². The number of aromatic hydroxyl groups is 1. The number of nitrogens with one attached hydrogen (secondary N) is 1. The number of amides is 2. The van der Waals surface area contributed by atoms with E-state index >= 15 is 0 Å². The lowest BCUT2D eigenvalue weighted by molar-refractivity contribution is -0.115. The van der Waals surface area contributed by atoms with Gasteiger partial charge in [0, 0.05) is 4.47 Å². The number of hydrogen-bond acceptors (Lipinski definition) is 3. The first kappa shape index (κ1) is 13.6. The van der Waals surface area contributed by atoms with Crippen molar-refractivity contribution < 1.29 is 14.7 Å². The van der Waals surface area contributed by atoms with E-state index in [9.17, 15) is 14.7 Å². The highest BCUT2D eigenvalue weighted by Gasteiger charge is 2.28. The third kappa shape index (κ3) is 2.50. The number of rotatable bonds is 1. The molecule has 21 heavy (non-hydrogen) atoms. The summed E-state index contributed by atoms with van der Waals surface area (Å²) in [6, 6.07) is 11.7. The van der Waals surface area contributed by atoms with Gasteiger partial charge in [-0.3, -0.25) is 14.5 Å². The fourth-order valence-electron chi connectivity index (χ4n) is 2.25. The minimum atomic E-state index is -0.415. The number of benzene rings is 2. The van der Waals surface area contributed by atoms with Crippen LogP contribution in [-0.4, -0.2) is 23.5 Å². The van der Waals surface area contributed by atoms with Crippen LogP contribution < -0.4 is 10.2 Å². The van der Waals surface area contributed by atoms with E-state index < -0.39 is 5.91 Å². The van der Waals surface area contributed by atoms with Crippen molar-refractivity contribution in [3.05, 3.63) is 52.5 Å². The number of para-hydroxylation sites is 2. The van der Waals surface area contributed by atoms with Gasteiger partial charge in [-0.15, -0.1) is 0 Å². The molecule has 0 saturated carbocycles. The number of hydrogen-bond donors (Lipinski definition) is 2. The largest absolute Gasteiger partial charge is 0.507 e. The highest BCUT2D eigenvalue weighted by molar-refractivity contribution is 9.10. The second kappa shape index (κ2) is 5.21. The van der Waals surface area contributed by atoms with Crippen LogP contribution in [0.25, 0.3) is 0 Å². The van der Waals surface area contributed by atoms with Crippen LogP contribution >= 0.6 is 15.9 Å². The fraction of sp³-hybridized carbons (Fsp3) is 0.0667. The summed E-state index contributed by atoms with van der Waals surface area (Å²) in [5.41, 5.74) is 1.35. The predicted octanol–water partition coefficient (Wildman–Crippen LogP) is 2.75. The van der Waals surface area contributed by atoms with Crippen LogP contribution in [0.4, 0.5) is 11.4 Å². The summed E-state index contributed by atoms with van der Waals surface area (Å²) < 4.78 is 0.674. The number of carbonyl (C=O) groups excluding carboxylic acids is 2. The maximum atomic E-state index is 12.6. The van der Waals surface area contributed by atoms with E-state index in [1.165, 1.54) is 17.0 Å². The van der Waals surface area contributed by atoms with E-state index in [4.69, 9.17) is 0 Å². The third-order valence-corrected chi connectivity index (χ3v) is 3.70. The molecule has 2 aromatic rings. The minimum Gasteiger partial charge on any atom is -0.507 e. The standard InChI is InChI=1S/C15H11BrN2O3/c16-9-5-6-10(13(19)7-9)15(21)18-8-14(20)17-11-3-1-2-4-12(11)18/h1-7,19H,8H2,(H,17,20). The molecule has 1 aliphatic rings. The minimum absolute atomic E-state index is 0.0780. The van der Waals surface area contributed by atoms with Crippen molar-refractivity contribution in [2.24, 2.45) is 0 Å². The van der Waals surface area contributed by atoms with Crippen molar-refractivity contribution in [3.63, 3.8) is 0 Å². The molecule has 0 bridgehead atoms. The van der Waals surface area contributed by atoms with Gasteiger partial charge in [0.2, 0.25) is 5.91 Å². The third-order valence-electron chi connectivity index (χ3n) is 3.21. The Bertz CT molecular complexity index is 745. The zero-order chi connectivity index (χ0) is 15.0. The summed E-state index contributed by atoms with van der Waals surface area (Å²) in [6.07, 6.45) is 0. The van der Waals surface area contributed by atoms with Gasteiger partial charge in [-0.2, -0.15) is 0 Å². The van der Waals surface area contributed by atoms with Crippen LogP contribution in [-0.2, 0) is 4.79 Å². The first-order valence-electron chi connectivity index (χ1n) is 6.25. The van der Waals surface area contributed by atoms with Crippen molar-refractivity contribution in [2.75, 3.05) is 16.8 Å². The summed E-state index contributed by atoms with van der Waals surface area (Å²) in [5.74, 6) is -0.807. The number of fused-ring (bicyclic) bond motifs is 1. The van der Waals surface area contributed by atoms with Crippen LogP contribution in [0.3, 0.4) is 0 Å². The second-order valence-corrected chi connectivity index (χ2v) is 5.53. The van der Waals surface area contributed by atoms with Gasteiger partial charge in [-0.05, 0) is 30.3 Å². The average Bonchev–Trinajstić information content (AvgIpc) is 2.45. The predicted molar refractivity (Wildman–Crippen MR) is 82.6 cm³/mol. The van der Waals surface area contributed by atoms with Gasteiger partial charge >= 0.3 is 0 Å². The Morgan fingerprint density at radius 3 is 2.76 bits per heavy atom. The molecule has 0 atom stereocenters. The molecule has 1 aliphatic heterocycles. The summed E-state index contributed by atoms with van der Waals surface area (Å²) in [6.45, 7) is -0.0780. The number of phenolic OH excluding ortho intramolecular Hbond substituents is 1. The average molecular weight is 347 g/mol. The topological polar surface area (TPSA) is 69.6 Å². The van der Waals surface area contributed by atoms with Gasteiger partial charge in [-0.25, -0.2) is 0 Å². The van der Waals surface area contributed by atoms with Crippen molar-refractivity contribution in [1.82, 2.24) is 0 Å². The second-order valence-electron chi connectivity index (χ2n) is 4.62. The molecule has 2 aromatic carbocycles. The Morgan fingerprint density at radius 2 is 2.00 bits per heavy atom. The van der Waals surface area contributed by atoms with Crippen LogP contribution in [0, 0.1) is 0 Å². The van der Waals surface area contributed by atoms with E-state index in [-0.39, 0.29) is 23.8 Å². The molecule has 3 rings (SSSR count). The van der Waals surface area contributed by atoms with Gasteiger partial charge < -0.3 is 10.4 Å². The quantitative estimate of drug-likeness (QED) is 0.834. The molecule has 0 fully saturated rings. The maximum absolute atomic E-state index is 12.6. The molecule has 2 amide bonds. The Kier molecular flexibility index (Phi) is 3.39. The van der Waals surface area contributed by atoms with Gasteiger partial charge in [0.15, 0.2) is 0 Å². The maximum Gasteiger partial charge on any atom is 0.262 e. The smallest absolute Gasteiger partial charge is 0.262 e. The summed E-state index contributed by atoms with van der Waals surface area (Å²) in [5, 5.41) is 12.6. The first-order valence-corrected chi connectivity index (χ1v) is 7.05. The van der Waals surface area contributed by atoms with Crippen LogP contribution in [0.2, 0.25) is 0 Å². The van der Waals surface area contributed by atoms with Crippen LogP contribution in [0.15, 0.2) is 46.9 Å². The van der Waals surface area contributed by atoms with Crippen molar-refractivity contribution >= 4 is 39.1 Å². The zero-order valence-electron chi connectivity index (χ0n) is 10.8. The molecular formula is C15H11BrN2O3. The Balaban J connectivity index is 2.04. The lowest BCUT2D eigenvalue weighted by atomic mass is 10.1. The molecule has 5 nitrogen and oxygen atoms in total. The van der Waals surface area contributed by atoms with Gasteiger partial charge in [0.05, 0.1) is 16.9 Å². The van der Waals surface area contributed by atoms with E-state index in [2.05, 4.69) is 21.2 Å². The number of carbonyl (C=O) groups is 2. The van der Waals surface area contributed by atoms with Crippen LogP contribution in [0.1, 0.15) is 10.4 Å². The molecule has 0 saturated heterocycles. The molecular weight excluding hydrogens is 336 g/mol. The van der Waals surface area contributed by atoms with E-state index in [1.807, 2.05) is 0 Å². The molecule has 0 spiro atoms. The van der Waals surface area contributed by atoms with Gasteiger partial charge in [-0.1, -0.05) is 28.1 Å². The molecule has 2 N–H and O–H groups in total. The van der Waals surface area contributed by atoms with Crippen molar-refractivity contribution in [2.45, 2.75) is 0 Å². The molecule has 0 aromatic heterocycles. The normalized spacial score (nSPS) is 13.6. The molecule has 1 heterocycles. The fourth-order valence-corrected chi connectivity index (χ4v) is 2.59. The summed E-state index contributed by atoms with van der Waals surface area (Å²) in [7, 11) is 0. The molecule has 6 heteroatoms. The van der Waals surface area contributed by atoms with E-state index in [0.29, 0.717) is 15.8 Å². The van der Waals surface area contributed by atoms with Gasteiger partial charge in [0.1, 0.15) is 12.3 Å². The lowest BCUT2D eigenvalue weighted by Gasteiger charge is -2.29. The monoisotopic (exact) mass is 346 g/mol. The molecule has 106 valence electrons. The molecule has 0 radical (unpaired) electrons. The SMILES string of the molecule is O=C1CN(C(=O)c2ccc(Br)cc2O)c2ccccc2N1. The molecule has 0 unspecified atom stereocenters. The number of nitrogens with zero attached hydrogens (tertiary/aromatic N) is 1. The molecule has 0 aliphatic carbocycles. The zero-order valence-corrected chi connectivity index (χ0v) is 12.4. The summed E-state index contributed by atoms with van der Waals surface area (Å²) >= 11 is 3.23. The number of anilines is 2. The summed E-state index contributed by atoms with van der Waals surface area (Å²) in [4.78, 5) is 25.7. The van der Waals surface area contributed by atoms with Crippen LogP contribution in [0.5, 0.6) is 5.75 Å². The Hall–Kier alpha value is -2.34. The van der Waals surface area contributed by atoms with Crippen molar-refractivity contribution in [1.29, 1.82) is 0 Å². The first-order chi connectivity index (χ1) is 10.1. The number of phenols is 1. The lowest BCUT2D eigenvalue weighted by Crippen LogP contribution is -2.42. The highest BCUT2D eigenvalue weighted by atomic mass is 79.9. The van der Waals surface area contributed by atoms with E-state index in [1.54, 1.807) is 30.3 Å². The highest BCUT2D eigenvalue weighted by Crippen LogP contribution is 2.32. The number of halogens is 1. The Morgan fingerprint density at radius 1 is 1.24 bits per heavy atom. The Labute approximate surface area is 129 Å². The van der Waals surface area contributed by atoms with E-state index in [0.717, 1.165) is 0 Å².